The molecule has 15 heavy (non-hydrogen) atoms. The van der Waals surface area contributed by atoms with E-state index < -0.39 is 0 Å². The first kappa shape index (κ1) is 13.1. The third-order valence-electron chi connectivity index (χ3n) is 3.16. The topological polar surface area (TPSA) is 33.7 Å². The first-order valence-electron chi connectivity index (χ1n) is 5.73. The van der Waals surface area contributed by atoms with Crippen molar-refractivity contribution in [2.45, 2.75) is 24.8 Å². The number of nitrogens with zero attached hydrogens (tertiary/aromatic N) is 1. The number of hydrogen-bond donors (Lipinski definition) is 1. The minimum atomic E-state index is -0.301. The molecule has 1 N–H and O–H groups in total. The van der Waals surface area contributed by atoms with Crippen LogP contribution in [0.25, 0.3) is 0 Å². The van der Waals surface area contributed by atoms with Gasteiger partial charge in [-0.15, -0.1) is 0 Å². The molecule has 1 heterocycles. The first-order chi connectivity index (χ1) is 7.20. The summed E-state index contributed by atoms with van der Waals surface area (Å²) in [5, 5.41) is 3.34. The quantitative estimate of drug-likeness (QED) is 0.374. The molecule has 0 unspecified atom stereocenters. The van der Waals surface area contributed by atoms with Gasteiger partial charge in [0.25, 0.3) is 0 Å². The normalized spacial score (nSPS) is 19.4. The van der Waals surface area contributed by atoms with Gasteiger partial charge in [0.2, 0.25) is 0 Å². The maximum Gasteiger partial charge on any atom is 0.141 e. The molecule has 1 aliphatic heterocycles. The molecule has 0 aromatic heterocycles. The Hall–Kier alpha value is 0.0569. The van der Waals surface area contributed by atoms with Gasteiger partial charge >= 0.3 is 0 Å². The van der Waals surface area contributed by atoms with Crippen molar-refractivity contribution in [2.75, 3.05) is 40.5 Å². The summed E-state index contributed by atoms with van der Waals surface area (Å²) in [5.41, 5.74) is -0.261. The SMILES string of the molecule is COC(C)(OC)[SiH2]CCCN1CCNC1. The summed E-state index contributed by atoms with van der Waals surface area (Å²) in [5.74, 6) is 0. The third-order valence-corrected chi connectivity index (χ3v) is 5.50. The van der Waals surface area contributed by atoms with Crippen molar-refractivity contribution >= 4 is 9.52 Å². The van der Waals surface area contributed by atoms with Crippen LogP contribution in [0.2, 0.25) is 6.04 Å². The lowest BCUT2D eigenvalue weighted by Gasteiger charge is -2.26. The fourth-order valence-corrected chi connectivity index (χ4v) is 3.34. The van der Waals surface area contributed by atoms with Crippen LogP contribution in [0, 0.1) is 0 Å². The molecule has 0 saturated carbocycles. The number of hydrogen-bond acceptors (Lipinski definition) is 4. The lowest BCUT2D eigenvalue weighted by Crippen LogP contribution is -2.37. The molecule has 0 amide bonds. The number of rotatable bonds is 7. The van der Waals surface area contributed by atoms with Gasteiger partial charge in [0.1, 0.15) is 5.41 Å². The molecule has 1 aliphatic rings. The lowest BCUT2D eigenvalue weighted by molar-refractivity contribution is -0.130. The van der Waals surface area contributed by atoms with E-state index in [1.807, 2.05) is 0 Å². The second-order valence-electron chi connectivity index (χ2n) is 4.28. The summed E-state index contributed by atoms with van der Waals surface area (Å²) in [6, 6.07) is 1.29. The Morgan fingerprint density at radius 2 is 2.13 bits per heavy atom. The molecular weight excluding hydrogens is 208 g/mol. The largest absolute Gasteiger partial charge is 0.358 e. The standard InChI is InChI=1S/C10H24N2O2Si/c1-10(13-2,14-3)15-8-4-6-12-7-5-11-9-12/h11H,4-9,15H2,1-3H3. The second-order valence-corrected chi connectivity index (χ2v) is 6.77. The van der Waals surface area contributed by atoms with Gasteiger partial charge in [-0.3, -0.25) is 4.90 Å². The fourth-order valence-electron chi connectivity index (χ4n) is 1.81. The molecule has 0 atom stereocenters. The molecule has 0 bridgehead atoms. The third kappa shape index (κ3) is 4.61. The van der Waals surface area contributed by atoms with E-state index in [-0.39, 0.29) is 14.9 Å². The van der Waals surface area contributed by atoms with Crippen LogP contribution in [0.3, 0.4) is 0 Å². The molecule has 4 nitrogen and oxygen atoms in total. The number of methoxy groups -OCH3 is 2. The van der Waals surface area contributed by atoms with E-state index in [1.54, 1.807) is 14.2 Å². The van der Waals surface area contributed by atoms with Gasteiger partial charge in [0.15, 0.2) is 0 Å². The lowest BCUT2D eigenvalue weighted by atomic mass is 10.4. The predicted molar refractivity (Wildman–Crippen MR) is 64.8 cm³/mol. The molecular formula is C10H24N2O2Si. The smallest absolute Gasteiger partial charge is 0.141 e. The average Bonchev–Trinajstić information content (AvgIpc) is 2.77. The van der Waals surface area contributed by atoms with Crippen molar-refractivity contribution < 1.29 is 9.47 Å². The summed E-state index contributed by atoms with van der Waals surface area (Å²) in [6.07, 6.45) is 1.27. The van der Waals surface area contributed by atoms with Crippen LogP contribution in [-0.2, 0) is 9.47 Å². The van der Waals surface area contributed by atoms with Crippen molar-refractivity contribution in [3.8, 4) is 0 Å². The molecule has 1 saturated heterocycles. The Balaban J connectivity index is 2.04. The Bertz CT molecular complexity index is 171. The Labute approximate surface area is 95.1 Å². The van der Waals surface area contributed by atoms with E-state index in [2.05, 4.69) is 17.1 Å². The molecule has 0 aromatic rings. The van der Waals surface area contributed by atoms with Crippen LogP contribution < -0.4 is 5.32 Å². The zero-order valence-corrected chi connectivity index (χ0v) is 11.6. The number of nitrogens with one attached hydrogen (secondary N) is 1. The summed E-state index contributed by atoms with van der Waals surface area (Å²) < 4.78 is 10.7. The van der Waals surface area contributed by atoms with Crippen LogP contribution in [0.4, 0.5) is 0 Å². The van der Waals surface area contributed by atoms with E-state index in [0.29, 0.717) is 0 Å². The molecule has 0 aliphatic carbocycles. The highest BCUT2D eigenvalue weighted by molar-refractivity contribution is 6.38. The van der Waals surface area contributed by atoms with Gasteiger partial charge in [0, 0.05) is 34.0 Å². The first-order valence-corrected chi connectivity index (χ1v) is 7.44. The average molecular weight is 232 g/mol. The Morgan fingerprint density at radius 3 is 2.67 bits per heavy atom. The fraction of sp³-hybridized carbons (Fsp3) is 1.00. The zero-order valence-electron chi connectivity index (χ0n) is 10.2. The highest BCUT2D eigenvalue weighted by atomic mass is 28.2. The monoisotopic (exact) mass is 232 g/mol. The van der Waals surface area contributed by atoms with Gasteiger partial charge in [0.05, 0.1) is 9.52 Å². The van der Waals surface area contributed by atoms with Crippen molar-refractivity contribution in [2.24, 2.45) is 0 Å². The predicted octanol–water partition coefficient (Wildman–Crippen LogP) is -0.207. The summed E-state index contributed by atoms with van der Waals surface area (Å²) in [4.78, 5) is 2.46. The van der Waals surface area contributed by atoms with Gasteiger partial charge in [-0.1, -0.05) is 6.04 Å². The molecule has 1 fully saturated rings. The minimum absolute atomic E-state index is 0.261. The summed E-state index contributed by atoms with van der Waals surface area (Å²) in [7, 11) is 3.17. The van der Waals surface area contributed by atoms with Crippen LogP contribution in [0.1, 0.15) is 13.3 Å². The van der Waals surface area contributed by atoms with Gasteiger partial charge in [-0.2, -0.15) is 0 Å². The Morgan fingerprint density at radius 1 is 1.40 bits per heavy atom. The molecule has 0 spiro atoms. The maximum atomic E-state index is 5.37. The van der Waals surface area contributed by atoms with Gasteiger partial charge < -0.3 is 14.8 Å². The van der Waals surface area contributed by atoms with E-state index >= 15 is 0 Å². The molecule has 1 rings (SSSR count). The van der Waals surface area contributed by atoms with Crippen molar-refractivity contribution in [3.63, 3.8) is 0 Å². The van der Waals surface area contributed by atoms with Crippen molar-refractivity contribution in [1.82, 2.24) is 10.2 Å². The van der Waals surface area contributed by atoms with Crippen LogP contribution in [0.5, 0.6) is 0 Å². The second kappa shape index (κ2) is 6.60. The molecule has 0 aromatic carbocycles. The van der Waals surface area contributed by atoms with Crippen molar-refractivity contribution in [1.29, 1.82) is 0 Å². The van der Waals surface area contributed by atoms with E-state index in [1.165, 1.54) is 25.6 Å². The maximum absolute atomic E-state index is 5.37. The number of ether oxygens (including phenoxy) is 2. The van der Waals surface area contributed by atoms with Crippen LogP contribution >= 0.6 is 0 Å². The van der Waals surface area contributed by atoms with E-state index in [9.17, 15) is 0 Å². The minimum Gasteiger partial charge on any atom is -0.358 e. The van der Waals surface area contributed by atoms with Gasteiger partial charge in [-0.05, 0) is 19.9 Å². The van der Waals surface area contributed by atoms with Crippen molar-refractivity contribution in [3.05, 3.63) is 0 Å². The van der Waals surface area contributed by atoms with Gasteiger partial charge in [-0.25, -0.2) is 0 Å². The molecule has 0 radical (unpaired) electrons. The Kier molecular flexibility index (Phi) is 5.77. The zero-order chi connectivity index (χ0) is 11.1. The van der Waals surface area contributed by atoms with E-state index in [4.69, 9.17) is 9.47 Å². The van der Waals surface area contributed by atoms with E-state index in [0.717, 1.165) is 13.2 Å². The highest BCUT2D eigenvalue weighted by Crippen LogP contribution is 2.11. The summed E-state index contributed by atoms with van der Waals surface area (Å²) >= 11 is 0. The van der Waals surface area contributed by atoms with Crippen LogP contribution in [-0.4, -0.2) is 60.4 Å². The molecule has 5 heteroatoms. The molecule has 90 valence electrons. The summed E-state index contributed by atoms with van der Waals surface area (Å²) in [6.45, 7) is 6.67. The van der Waals surface area contributed by atoms with Crippen LogP contribution in [0.15, 0.2) is 0 Å². The highest BCUT2D eigenvalue weighted by Gasteiger charge is 2.22.